The van der Waals surface area contributed by atoms with Crippen LogP contribution in [0.5, 0.6) is 5.88 Å². The third-order valence-electron chi connectivity index (χ3n) is 3.96. The zero-order chi connectivity index (χ0) is 17.8. The molecule has 1 aliphatic carbocycles. The van der Waals surface area contributed by atoms with Crippen LogP contribution in [0.15, 0.2) is 12.3 Å². The molecule has 1 heterocycles. The van der Waals surface area contributed by atoms with Crippen LogP contribution in [0.4, 0.5) is 13.2 Å². The molecule has 0 spiro atoms. The molecule has 0 aromatic carbocycles. The Hall–Kier alpha value is -0.960. The molecule has 1 amide bonds. The highest BCUT2D eigenvalue weighted by Crippen LogP contribution is 2.33. The Morgan fingerprint density at radius 3 is 2.46 bits per heavy atom. The Morgan fingerprint density at radius 1 is 1.31 bits per heavy atom. The third kappa shape index (κ3) is 6.64. The molecule has 0 bridgehead atoms. The van der Waals surface area contributed by atoms with Gasteiger partial charge in [0.25, 0.3) is 0 Å². The van der Waals surface area contributed by atoms with E-state index in [4.69, 9.17) is 22.1 Å². The first kappa shape index (κ1) is 25.0. The number of alkyl halides is 3. The highest BCUT2D eigenvalue weighted by molar-refractivity contribution is 6.31. The van der Waals surface area contributed by atoms with E-state index in [1.165, 1.54) is 0 Å². The lowest BCUT2D eigenvalue weighted by atomic mass is 9.82. The highest BCUT2D eigenvalue weighted by Gasteiger charge is 2.35. The molecule has 2 rings (SSSR count). The van der Waals surface area contributed by atoms with Gasteiger partial charge in [0.2, 0.25) is 11.8 Å². The molecular weight excluding hydrogens is 418 g/mol. The Morgan fingerprint density at radius 2 is 1.92 bits per heavy atom. The van der Waals surface area contributed by atoms with Gasteiger partial charge in [0.1, 0.15) is 11.6 Å². The number of carbonyl (C=O) groups excluding carboxylic acids is 1. The summed E-state index contributed by atoms with van der Waals surface area (Å²) >= 11 is 5.73. The van der Waals surface area contributed by atoms with Crippen LogP contribution in [-0.2, 0) is 11.0 Å². The fourth-order valence-corrected chi connectivity index (χ4v) is 2.81. The highest BCUT2D eigenvalue weighted by atomic mass is 35.5. The van der Waals surface area contributed by atoms with E-state index in [-0.39, 0.29) is 54.8 Å². The lowest BCUT2D eigenvalue weighted by molar-refractivity contribution is -0.137. The summed E-state index contributed by atoms with van der Waals surface area (Å²) in [7, 11) is 0. The van der Waals surface area contributed by atoms with Gasteiger partial charge < -0.3 is 15.8 Å². The lowest BCUT2D eigenvalue weighted by Gasteiger charge is -2.31. The minimum absolute atomic E-state index is 0. The van der Waals surface area contributed by atoms with Gasteiger partial charge in [-0.25, -0.2) is 4.98 Å². The summed E-state index contributed by atoms with van der Waals surface area (Å²) in [6, 6.07) is 0.749. The van der Waals surface area contributed by atoms with E-state index < -0.39 is 17.3 Å². The first-order valence-electron chi connectivity index (χ1n) is 7.65. The molecule has 1 saturated carbocycles. The predicted octanol–water partition coefficient (Wildman–Crippen LogP) is 3.75. The average Bonchev–Trinajstić information content (AvgIpc) is 2.52. The SMILES string of the molecule is Cl.Cl.NC1(C(=O)NCCOc2ncc(C(F)(F)F)cc2Cl)CCCCC1. The molecule has 1 aromatic heterocycles. The van der Waals surface area contributed by atoms with E-state index in [1.807, 2.05) is 0 Å². The van der Waals surface area contributed by atoms with Crippen LogP contribution in [0.3, 0.4) is 0 Å². The summed E-state index contributed by atoms with van der Waals surface area (Å²) in [6.07, 6.45) is 0.345. The number of nitrogens with one attached hydrogen (secondary N) is 1. The summed E-state index contributed by atoms with van der Waals surface area (Å²) in [5, 5.41) is 2.44. The van der Waals surface area contributed by atoms with E-state index in [0.717, 1.165) is 25.3 Å². The second-order valence-corrected chi connectivity index (χ2v) is 6.24. The minimum Gasteiger partial charge on any atom is -0.475 e. The van der Waals surface area contributed by atoms with Crippen molar-refractivity contribution in [1.82, 2.24) is 10.3 Å². The van der Waals surface area contributed by atoms with Crippen LogP contribution in [0.25, 0.3) is 0 Å². The maximum Gasteiger partial charge on any atom is 0.417 e. The van der Waals surface area contributed by atoms with Gasteiger partial charge in [-0.2, -0.15) is 13.2 Å². The van der Waals surface area contributed by atoms with Crippen LogP contribution in [-0.4, -0.2) is 29.6 Å². The van der Waals surface area contributed by atoms with Crippen molar-refractivity contribution in [3.05, 3.63) is 22.8 Å². The maximum absolute atomic E-state index is 12.5. The van der Waals surface area contributed by atoms with Gasteiger partial charge >= 0.3 is 6.18 Å². The van der Waals surface area contributed by atoms with E-state index in [0.29, 0.717) is 19.0 Å². The van der Waals surface area contributed by atoms with Crippen molar-refractivity contribution >= 4 is 42.3 Å². The van der Waals surface area contributed by atoms with Crippen molar-refractivity contribution in [3.8, 4) is 5.88 Å². The zero-order valence-corrected chi connectivity index (χ0v) is 16.2. The standard InChI is InChI=1S/C15H19ClF3N3O2.2ClH/c16-11-8-10(15(17,18)19)9-22-12(11)24-7-6-21-13(23)14(20)4-2-1-3-5-14;;/h8-9H,1-7,20H2,(H,21,23);2*1H. The Balaban J connectivity index is 0.00000312. The summed E-state index contributed by atoms with van der Waals surface area (Å²) < 4.78 is 42.7. The number of carbonyl (C=O) groups is 1. The lowest BCUT2D eigenvalue weighted by Crippen LogP contribution is -2.55. The van der Waals surface area contributed by atoms with Gasteiger partial charge in [-0.05, 0) is 18.9 Å². The molecule has 26 heavy (non-hydrogen) atoms. The van der Waals surface area contributed by atoms with Gasteiger partial charge in [-0.15, -0.1) is 24.8 Å². The number of nitrogens with zero attached hydrogens (tertiary/aromatic N) is 1. The number of aromatic nitrogens is 1. The van der Waals surface area contributed by atoms with Gasteiger partial charge in [-0.1, -0.05) is 30.9 Å². The quantitative estimate of drug-likeness (QED) is 0.686. The molecule has 1 aromatic rings. The normalized spacial score (nSPS) is 16.0. The predicted molar refractivity (Wildman–Crippen MR) is 97.3 cm³/mol. The topological polar surface area (TPSA) is 77.2 Å². The molecule has 0 atom stereocenters. The number of ether oxygens (including phenoxy) is 1. The van der Waals surface area contributed by atoms with Crippen LogP contribution in [0, 0.1) is 0 Å². The number of hydrogen-bond donors (Lipinski definition) is 2. The summed E-state index contributed by atoms with van der Waals surface area (Å²) in [5.41, 5.74) is 4.29. The average molecular weight is 439 g/mol. The molecule has 0 saturated heterocycles. The molecule has 3 N–H and O–H groups in total. The van der Waals surface area contributed by atoms with Crippen molar-refractivity contribution in [3.63, 3.8) is 0 Å². The Kier molecular flexibility index (Phi) is 10.0. The molecule has 0 unspecified atom stereocenters. The fourth-order valence-electron chi connectivity index (χ4n) is 2.58. The van der Waals surface area contributed by atoms with Crippen molar-refractivity contribution in [2.24, 2.45) is 5.73 Å². The molecular formula is C15H21Cl3F3N3O2. The summed E-state index contributed by atoms with van der Waals surface area (Å²) in [6.45, 7) is 0.191. The molecule has 5 nitrogen and oxygen atoms in total. The number of nitrogens with two attached hydrogens (primary N) is 1. The van der Waals surface area contributed by atoms with Gasteiger partial charge in [-0.3, -0.25) is 4.79 Å². The molecule has 1 fully saturated rings. The molecule has 1 aliphatic rings. The molecule has 150 valence electrons. The number of hydrogen-bond acceptors (Lipinski definition) is 4. The van der Waals surface area contributed by atoms with Crippen molar-refractivity contribution in [1.29, 1.82) is 0 Å². The number of halogens is 6. The maximum atomic E-state index is 12.5. The second-order valence-electron chi connectivity index (χ2n) is 5.83. The van der Waals surface area contributed by atoms with Crippen molar-refractivity contribution in [2.45, 2.75) is 43.8 Å². The number of amides is 1. The number of pyridine rings is 1. The van der Waals surface area contributed by atoms with Crippen molar-refractivity contribution < 1.29 is 22.7 Å². The fraction of sp³-hybridized carbons (Fsp3) is 0.600. The Labute approximate surface area is 167 Å². The van der Waals surface area contributed by atoms with Crippen molar-refractivity contribution in [2.75, 3.05) is 13.2 Å². The minimum atomic E-state index is -4.52. The van der Waals surface area contributed by atoms with Crippen LogP contribution < -0.4 is 15.8 Å². The summed E-state index contributed by atoms with van der Waals surface area (Å²) in [4.78, 5) is 15.6. The smallest absolute Gasteiger partial charge is 0.417 e. The molecule has 0 radical (unpaired) electrons. The van der Waals surface area contributed by atoms with Gasteiger partial charge in [0.15, 0.2) is 0 Å². The van der Waals surface area contributed by atoms with Gasteiger partial charge in [0.05, 0.1) is 17.6 Å². The van der Waals surface area contributed by atoms with E-state index in [1.54, 1.807) is 0 Å². The number of rotatable bonds is 5. The van der Waals surface area contributed by atoms with E-state index >= 15 is 0 Å². The second kappa shape index (κ2) is 10.4. The van der Waals surface area contributed by atoms with Crippen LogP contribution in [0.1, 0.15) is 37.7 Å². The zero-order valence-electron chi connectivity index (χ0n) is 13.8. The molecule has 0 aliphatic heterocycles. The van der Waals surface area contributed by atoms with E-state index in [2.05, 4.69) is 10.3 Å². The summed E-state index contributed by atoms with van der Waals surface area (Å²) in [5.74, 6) is -0.351. The van der Waals surface area contributed by atoms with E-state index in [9.17, 15) is 18.0 Å². The molecule has 11 heteroatoms. The first-order chi connectivity index (χ1) is 11.2. The first-order valence-corrected chi connectivity index (χ1v) is 8.03. The largest absolute Gasteiger partial charge is 0.475 e. The monoisotopic (exact) mass is 437 g/mol. The van der Waals surface area contributed by atoms with Crippen LogP contribution >= 0.6 is 36.4 Å². The van der Waals surface area contributed by atoms with Gasteiger partial charge in [0, 0.05) is 6.20 Å². The Bertz CT molecular complexity index is 597. The van der Waals surface area contributed by atoms with Crippen LogP contribution in [0.2, 0.25) is 5.02 Å². The third-order valence-corrected chi connectivity index (χ3v) is 4.23.